The topological polar surface area (TPSA) is 67.1 Å². The lowest BCUT2D eigenvalue weighted by molar-refractivity contribution is -0.148. The number of aliphatic carboxylic acids is 1. The second kappa shape index (κ2) is 6.43. The summed E-state index contributed by atoms with van der Waals surface area (Å²) in [7, 11) is 0. The lowest BCUT2D eigenvalue weighted by Gasteiger charge is -2.35. The lowest BCUT2D eigenvalue weighted by Crippen LogP contribution is -2.49. The van der Waals surface area contributed by atoms with Crippen molar-refractivity contribution in [3.63, 3.8) is 0 Å². The molecule has 0 radical (unpaired) electrons. The molecule has 0 amide bonds. The second-order valence-electron chi connectivity index (χ2n) is 4.69. The lowest BCUT2D eigenvalue weighted by atomic mass is 9.88. The molecule has 7 heteroatoms. The van der Waals surface area contributed by atoms with Crippen LogP contribution in [0.15, 0.2) is 30.6 Å². The number of rotatable bonds is 2. The van der Waals surface area contributed by atoms with E-state index in [0.29, 0.717) is 12.8 Å². The number of carbonyl (C=O) groups is 1. The Balaban J connectivity index is 0.000001000. The minimum atomic E-state index is -0.860. The van der Waals surface area contributed by atoms with Crippen LogP contribution in [-0.4, -0.2) is 33.7 Å². The van der Waals surface area contributed by atoms with Crippen molar-refractivity contribution in [2.45, 2.75) is 18.4 Å². The van der Waals surface area contributed by atoms with Gasteiger partial charge in [0.25, 0.3) is 0 Å². The van der Waals surface area contributed by atoms with Gasteiger partial charge in [0.2, 0.25) is 0 Å². The Hall–Kier alpha value is -1.30. The fourth-order valence-corrected chi connectivity index (χ4v) is 2.70. The molecule has 1 fully saturated rings. The van der Waals surface area contributed by atoms with Crippen LogP contribution in [0.3, 0.4) is 0 Å². The SMILES string of the molecule is Cl.Cl.O=C(O)C1(n2cnc3ccccc32)CCNCC1. The summed E-state index contributed by atoms with van der Waals surface area (Å²) in [6.07, 6.45) is 2.83. The van der Waals surface area contributed by atoms with E-state index in [2.05, 4.69) is 10.3 Å². The molecule has 0 spiro atoms. The monoisotopic (exact) mass is 317 g/mol. The van der Waals surface area contributed by atoms with Crippen LogP contribution in [0.1, 0.15) is 12.8 Å². The first-order valence-corrected chi connectivity index (χ1v) is 6.11. The summed E-state index contributed by atoms with van der Waals surface area (Å²) in [4.78, 5) is 16.0. The van der Waals surface area contributed by atoms with Gasteiger partial charge in [-0.25, -0.2) is 9.78 Å². The molecule has 0 bridgehead atoms. The van der Waals surface area contributed by atoms with E-state index in [1.165, 1.54) is 0 Å². The number of nitrogens with one attached hydrogen (secondary N) is 1. The van der Waals surface area contributed by atoms with Crippen molar-refractivity contribution < 1.29 is 9.90 Å². The smallest absolute Gasteiger partial charge is 0.330 e. The van der Waals surface area contributed by atoms with E-state index in [9.17, 15) is 9.90 Å². The summed E-state index contributed by atoms with van der Waals surface area (Å²) in [5.74, 6) is -0.771. The van der Waals surface area contributed by atoms with Crippen molar-refractivity contribution in [2.24, 2.45) is 0 Å². The normalized spacial score (nSPS) is 17.0. The minimum Gasteiger partial charge on any atom is -0.479 e. The summed E-state index contributed by atoms with van der Waals surface area (Å²) in [5.41, 5.74) is 0.875. The number of para-hydroxylation sites is 2. The Morgan fingerprint density at radius 1 is 1.25 bits per heavy atom. The molecule has 1 saturated heterocycles. The largest absolute Gasteiger partial charge is 0.479 e. The highest BCUT2D eigenvalue weighted by molar-refractivity contribution is 5.85. The summed E-state index contributed by atoms with van der Waals surface area (Å²) >= 11 is 0. The number of nitrogens with zero attached hydrogens (tertiary/aromatic N) is 2. The first kappa shape index (κ1) is 16.8. The third-order valence-electron chi connectivity index (χ3n) is 3.74. The second-order valence-corrected chi connectivity index (χ2v) is 4.69. The van der Waals surface area contributed by atoms with Crippen LogP contribution in [-0.2, 0) is 10.3 Å². The van der Waals surface area contributed by atoms with Gasteiger partial charge in [0.15, 0.2) is 0 Å². The summed E-state index contributed by atoms with van der Waals surface area (Å²) < 4.78 is 1.82. The zero-order valence-corrected chi connectivity index (χ0v) is 12.4. The molecule has 1 aliphatic rings. The van der Waals surface area contributed by atoms with Gasteiger partial charge in [-0.15, -0.1) is 24.8 Å². The van der Waals surface area contributed by atoms with Crippen molar-refractivity contribution in [1.29, 1.82) is 0 Å². The first-order valence-electron chi connectivity index (χ1n) is 6.11. The van der Waals surface area contributed by atoms with Crippen molar-refractivity contribution in [1.82, 2.24) is 14.9 Å². The quantitative estimate of drug-likeness (QED) is 0.889. The fraction of sp³-hybridized carbons (Fsp3) is 0.385. The third-order valence-corrected chi connectivity index (χ3v) is 3.74. The van der Waals surface area contributed by atoms with E-state index in [4.69, 9.17) is 0 Å². The summed E-state index contributed by atoms with van der Waals surface area (Å²) in [6.45, 7) is 1.44. The minimum absolute atomic E-state index is 0. The number of aromatic nitrogens is 2. The van der Waals surface area contributed by atoms with Crippen molar-refractivity contribution in [2.75, 3.05) is 13.1 Å². The molecular formula is C13H17Cl2N3O2. The van der Waals surface area contributed by atoms with E-state index in [1.807, 2.05) is 28.8 Å². The van der Waals surface area contributed by atoms with Gasteiger partial charge in [0.1, 0.15) is 5.54 Å². The van der Waals surface area contributed by atoms with Crippen LogP contribution in [0, 0.1) is 0 Å². The number of fused-ring (bicyclic) bond motifs is 1. The first-order chi connectivity index (χ1) is 8.74. The molecule has 2 aromatic rings. The van der Waals surface area contributed by atoms with E-state index in [0.717, 1.165) is 24.1 Å². The van der Waals surface area contributed by atoms with Gasteiger partial charge in [0.05, 0.1) is 17.4 Å². The molecule has 0 unspecified atom stereocenters. The van der Waals surface area contributed by atoms with Crippen LogP contribution in [0.4, 0.5) is 0 Å². The predicted molar refractivity (Wildman–Crippen MR) is 81.9 cm³/mol. The maximum atomic E-state index is 11.7. The zero-order valence-electron chi connectivity index (χ0n) is 10.8. The summed E-state index contributed by atoms with van der Waals surface area (Å²) in [5, 5.41) is 12.9. The molecular weight excluding hydrogens is 301 g/mol. The van der Waals surface area contributed by atoms with Crippen LogP contribution in [0.25, 0.3) is 11.0 Å². The molecule has 110 valence electrons. The maximum absolute atomic E-state index is 11.7. The highest BCUT2D eigenvalue weighted by atomic mass is 35.5. The molecule has 0 saturated carbocycles. The molecule has 0 aliphatic carbocycles. The molecule has 1 aromatic heterocycles. The van der Waals surface area contributed by atoms with Crippen LogP contribution in [0.5, 0.6) is 0 Å². The van der Waals surface area contributed by atoms with E-state index < -0.39 is 11.5 Å². The molecule has 1 aliphatic heterocycles. The number of imidazole rings is 1. The number of hydrogen-bond donors (Lipinski definition) is 2. The standard InChI is InChI=1S/C13H15N3O2.2ClH/c17-12(18)13(5-7-14-8-6-13)16-9-15-10-3-1-2-4-11(10)16;;/h1-4,9,14H,5-8H2,(H,17,18);2*1H. The number of carboxylic acid groups (broad SMARTS) is 1. The van der Waals surface area contributed by atoms with E-state index in [1.54, 1.807) is 6.33 Å². The predicted octanol–water partition coefficient (Wildman–Crippen LogP) is 2.04. The maximum Gasteiger partial charge on any atom is 0.330 e. The van der Waals surface area contributed by atoms with Crippen LogP contribution in [0.2, 0.25) is 0 Å². The number of piperidine rings is 1. The van der Waals surface area contributed by atoms with Crippen molar-refractivity contribution in [3.05, 3.63) is 30.6 Å². The number of hydrogen-bond acceptors (Lipinski definition) is 3. The zero-order chi connectivity index (χ0) is 12.6. The van der Waals surface area contributed by atoms with Gasteiger partial charge in [-0.2, -0.15) is 0 Å². The van der Waals surface area contributed by atoms with Gasteiger partial charge < -0.3 is 15.0 Å². The van der Waals surface area contributed by atoms with Crippen LogP contribution >= 0.6 is 24.8 Å². The molecule has 5 nitrogen and oxygen atoms in total. The van der Waals surface area contributed by atoms with Gasteiger partial charge in [-0.3, -0.25) is 0 Å². The van der Waals surface area contributed by atoms with Crippen molar-refractivity contribution in [3.8, 4) is 0 Å². The Bertz CT molecular complexity index is 594. The Kier molecular flexibility index (Phi) is 5.39. The highest BCUT2D eigenvalue weighted by Crippen LogP contribution is 2.31. The number of benzene rings is 1. The van der Waals surface area contributed by atoms with Gasteiger partial charge in [-0.05, 0) is 38.1 Å². The molecule has 20 heavy (non-hydrogen) atoms. The molecule has 2 N–H and O–H groups in total. The van der Waals surface area contributed by atoms with Crippen LogP contribution < -0.4 is 5.32 Å². The average molecular weight is 318 g/mol. The highest BCUT2D eigenvalue weighted by Gasteiger charge is 2.42. The van der Waals surface area contributed by atoms with Gasteiger partial charge in [0, 0.05) is 0 Å². The molecule has 2 heterocycles. The van der Waals surface area contributed by atoms with Gasteiger partial charge >= 0.3 is 5.97 Å². The summed E-state index contributed by atoms with van der Waals surface area (Å²) in [6, 6.07) is 7.66. The van der Waals surface area contributed by atoms with E-state index in [-0.39, 0.29) is 24.8 Å². The number of carboxylic acids is 1. The van der Waals surface area contributed by atoms with Crippen molar-refractivity contribution >= 4 is 41.8 Å². The molecule has 1 aromatic carbocycles. The Morgan fingerprint density at radius 2 is 1.90 bits per heavy atom. The van der Waals surface area contributed by atoms with E-state index >= 15 is 0 Å². The molecule has 0 atom stereocenters. The Morgan fingerprint density at radius 3 is 2.55 bits per heavy atom. The Labute approximate surface area is 129 Å². The fourth-order valence-electron chi connectivity index (χ4n) is 2.70. The number of halogens is 2. The average Bonchev–Trinajstić information content (AvgIpc) is 2.83. The van der Waals surface area contributed by atoms with Gasteiger partial charge in [-0.1, -0.05) is 12.1 Å². The third kappa shape index (κ3) is 2.49. The molecule has 3 rings (SSSR count).